The molecule has 28 heavy (non-hydrogen) atoms. The normalized spacial score (nSPS) is 10.9. The summed E-state index contributed by atoms with van der Waals surface area (Å²) >= 11 is 5.04. The van der Waals surface area contributed by atoms with E-state index in [0.29, 0.717) is 28.6 Å². The van der Waals surface area contributed by atoms with Gasteiger partial charge in [-0.3, -0.25) is 5.10 Å². The van der Waals surface area contributed by atoms with E-state index in [-0.39, 0.29) is 12.4 Å². The van der Waals surface area contributed by atoms with E-state index in [4.69, 9.17) is 26.1 Å². The van der Waals surface area contributed by atoms with Gasteiger partial charge in [0, 0.05) is 0 Å². The minimum Gasteiger partial charge on any atom is -0.490 e. The molecule has 146 valence electrons. The van der Waals surface area contributed by atoms with Crippen LogP contribution in [0.3, 0.4) is 0 Å². The summed E-state index contributed by atoms with van der Waals surface area (Å²) in [7, 11) is 1.29. The zero-order valence-corrected chi connectivity index (χ0v) is 16.1. The number of hydrogen-bond donors (Lipinski definition) is 1. The molecule has 2 aromatic heterocycles. The molecular weight excluding hydrogens is 384 g/mol. The lowest BCUT2D eigenvalue weighted by Crippen LogP contribution is -2.01. The fourth-order valence-corrected chi connectivity index (χ4v) is 2.41. The van der Waals surface area contributed by atoms with Crippen molar-refractivity contribution in [3.63, 3.8) is 0 Å². The van der Waals surface area contributed by atoms with Crippen molar-refractivity contribution in [3.8, 4) is 11.5 Å². The Bertz CT molecular complexity index is 1040. The van der Waals surface area contributed by atoms with Crippen LogP contribution in [0.15, 0.2) is 46.2 Å². The van der Waals surface area contributed by atoms with Crippen LogP contribution in [-0.2, 0) is 11.3 Å². The first kappa shape index (κ1) is 19.4. The van der Waals surface area contributed by atoms with E-state index in [1.165, 1.54) is 24.2 Å². The zero-order valence-electron chi connectivity index (χ0n) is 15.2. The van der Waals surface area contributed by atoms with Crippen molar-refractivity contribution in [1.29, 1.82) is 0 Å². The van der Waals surface area contributed by atoms with Crippen LogP contribution in [0.4, 0.5) is 0 Å². The number of carbonyl (C=O) groups is 1. The van der Waals surface area contributed by atoms with Crippen LogP contribution in [0.5, 0.6) is 11.5 Å². The highest BCUT2D eigenvalue weighted by molar-refractivity contribution is 7.71. The molecule has 2 heterocycles. The van der Waals surface area contributed by atoms with Gasteiger partial charge in [-0.2, -0.15) is 14.9 Å². The molecule has 0 aliphatic rings. The Hall–Kier alpha value is -3.40. The molecule has 0 bridgehead atoms. The van der Waals surface area contributed by atoms with Gasteiger partial charge in [-0.1, -0.05) is 0 Å². The van der Waals surface area contributed by atoms with Gasteiger partial charge in [0.2, 0.25) is 10.5 Å². The molecule has 0 atom stereocenters. The molecule has 1 N–H and O–H groups in total. The summed E-state index contributed by atoms with van der Waals surface area (Å²) in [5, 5.41) is 10.7. The van der Waals surface area contributed by atoms with Crippen molar-refractivity contribution in [2.75, 3.05) is 13.7 Å². The van der Waals surface area contributed by atoms with Gasteiger partial charge in [-0.05, 0) is 55.0 Å². The van der Waals surface area contributed by atoms with E-state index in [2.05, 4.69) is 20.0 Å². The van der Waals surface area contributed by atoms with Crippen LogP contribution >= 0.6 is 12.2 Å². The highest BCUT2D eigenvalue weighted by Crippen LogP contribution is 2.29. The Kier molecular flexibility index (Phi) is 6.22. The van der Waals surface area contributed by atoms with Crippen molar-refractivity contribution >= 4 is 24.4 Å². The van der Waals surface area contributed by atoms with Crippen molar-refractivity contribution in [3.05, 3.63) is 58.5 Å². The van der Waals surface area contributed by atoms with Crippen LogP contribution in [0.25, 0.3) is 0 Å². The molecule has 0 saturated carbocycles. The van der Waals surface area contributed by atoms with Crippen LogP contribution < -0.4 is 9.47 Å². The summed E-state index contributed by atoms with van der Waals surface area (Å²) in [6.45, 7) is 2.48. The van der Waals surface area contributed by atoms with Crippen LogP contribution in [-0.4, -0.2) is 40.8 Å². The first-order chi connectivity index (χ1) is 13.6. The molecule has 3 aromatic rings. The molecule has 0 spiro atoms. The molecule has 10 heteroatoms. The van der Waals surface area contributed by atoms with E-state index in [0.717, 1.165) is 5.56 Å². The van der Waals surface area contributed by atoms with Gasteiger partial charge in [0.05, 0.1) is 19.9 Å². The van der Waals surface area contributed by atoms with Gasteiger partial charge in [-0.25, -0.2) is 4.79 Å². The molecule has 0 saturated heterocycles. The van der Waals surface area contributed by atoms with Gasteiger partial charge in [0.25, 0.3) is 0 Å². The maximum Gasteiger partial charge on any atom is 0.373 e. The predicted molar refractivity (Wildman–Crippen MR) is 102 cm³/mol. The molecule has 0 unspecified atom stereocenters. The number of nitrogens with one attached hydrogen (secondary N) is 1. The number of benzene rings is 1. The lowest BCUT2D eigenvalue weighted by atomic mass is 10.2. The second-order valence-corrected chi connectivity index (χ2v) is 5.82. The van der Waals surface area contributed by atoms with E-state index < -0.39 is 5.97 Å². The van der Waals surface area contributed by atoms with E-state index in [9.17, 15) is 4.79 Å². The quantitative estimate of drug-likeness (QED) is 0.350. The third-order valence-corrected chi connectivity index (χ3v) is 3.83. The average molecular weight is 402 g/mol. The summed E-state index contributed by atoms with van der Waals surface area (Å²) in [4.78, 5) is 11.4. The van der Waals surface area contributed by atoms with Gasteiger partial charge in [-0.15, -0.1) is 0 Å². The minimum absolute atomic E-state index is 0.121. The highest BCUT2D eigenvalue weighted by atomic mass is 32.1. The predicted octanol–water partition coefficient (Wildman–Crippen LogP) is 3.18. The Morgan fingerprint density at radius 3 is 2.89 bits per heavy atom. The fourth-order valence-electron chi connectivity index (χ4n) is 2.26. The Balaban J connectivity index is 1.73. The Morgan fingerprint density at radius 2 is 2.18 bits per heavy atom. The number of ether oxygens (including phenoxy) is 3. The van der Waals surface area contributed by atoms with Crippen molar-refractivity contribution < 1.29 is 23.4 Å². The second kappa shape index (κ2) is 9.00. The Labute approximate surface area is 165 Å². The topological polar surface area (TPSA) is 104 Å². The minimum atomic E-state index is -0.539. The summed E-state index contributed by atoms with van der Waals surface area (Å²) in [6.07, 6.45) is 3.11. The number of aromatic amines is 1. The molecule has 0 radical (unpaired) electrons. The maximum absolute atomic E-state index is 11.4. The molecule has 0 amide bonds. The number of aromatic nitrogens is 3. The highest BCUT2D eigenvalue weighted by Gasteiger charge is 2.12. The fraction of sp³-hybridized carbons (Fsp3) is 0.222. The molecule has 0 aliphatic heterocycles. The largest absolute Gasteiger partial charge is 0.490 e. The van der Waals surface area contributed by atoms with Crippen LogP contribution in [0.2, 0.25) is 0 Å². The number of esters is 1. The zero-order chi connectivity index (χ0) is 19.9. The van der Waals surface area contributed by atoms with Gasteiger partial charge < -0.3 is 18.6 Å². The SMILES string of the molecule is CCOc1cc(/C=N/n2cn[nH]c2=S)ccc1OCc1ccc(C(=O)OC)o1. The third kappa shape index (κ3) is 4.65. The number of H-pyrrole nitrogens is 1. The smallest absolute Gasteiger partial charge is 0.373 e. The summed E-state index contributed by atoms with van der Waals surface area (Å²) < 4.78 is 23.3. The number of hydrogen-bond acceptors (Lipinski definition) is 8. The molecule has 1 aromatic carbocycles. The van der Waals surface area contributed by atoms with E-state index >= 15 is 0 Å². The number of furan rings is 1. The molecule has 0 fully saturated rings. The number of carbonyl (C=O) groups excluding carboxylic acids is 1. The van der Waals surface area contributed by atoms with Crippen LogP contribution in [0, 0.1) is 4.77 Å². The molecular formula is C18H18N4O5S. The van der Waals surface area contributed by atoms with Crippen LogP contribution in [0.1, 0.15) is 28.8 Å². The first-order valence-electron chi connectivity index (χ1n) is 8.33. The Morgan fingerprint density at radius 1 is 1.32 bits per heavy atom. The first-order valence-corrected chi connectivity index (χ1v) is 8.74. The lowest BCUT2D eigenvalue weighted by Gasteiger charge is -2.11. The van der Waals surface area contributed by atoms with Crippen molar-refractivity contribution in [1.82, 2.24) is 14.9 Å². The number of methoxy groups -OCH3 is 1. The van der Waals surface area contributed by atoms with E-state index in [1.54, 1.807) is 24.4 Å². The number of nitrogens with zero attached hydrogens (tertiary/aromatic N) is 3. The maximum atomic E-state index is 11.4. The standard InChI is InChI=1S/C18H18N4O5S/c1-3-25-16-8-12(9-20-22-11-19-21-18(22)28)4-6-14(16)26-10-13-5-7-15(27-13)17(23)24-2/h4-9,11H,3,10H2,1-2H3,(H,21,28)/b20-9+. The summed E-state index contributed by atoms with van der Waals surface area (Å²) in [5.41, 5.74) is 0.796. The molecule has 3 rings (SSSR count). The molecule has 0 aliphatic carbocycles. The average Bonchev–Trinajstić information content (AvgIpc) is 3.34. The van der Waals surface area contributed by atoms with Gasteiger partial charge in [0.15, 0.2) is 11.5 Å². The van der Waals surface area contributed by atoms with Crippen molar-refractivity contribution in [2.45, 2.75) is 13.5 Å². The monoisotopic (exact) mass is 402 g/mol. The van der Waals surface area contributed by atoms with E-state index in [1.807, 2.05) is 13.0 Å². The van der Waals surface area contributed by atoms with Gasteiger partial charge in [0.1, 0.15) is 18.7 Å². The molecule has 9 nitrogen and oxygen atoms in total. The van der Waals surface area contributed by atoms with Gasteiger partial charge >= 0.3 is 5.97 Å². The summed E-state index contributed by atoms with van der Waals surface area (Å²) in [5.74, 6) is 1.16. The number of rotatable bonds is 8. The summed E-state index contributed by atoms with van der Waals surface area (Å²) in [6, 6.07) is 8.59. The third-order valence-electron chi connectivity index (χ3n) is 3.55. The second-order valence-electron chi connectivity index (χ2n) is 5.44. The van der Waals surface area contributed by atoms with Crippen molar-refractivity contribution in [2.24, 2.45) is 5.10 Å². The lowest BCUT2D eigenvalue weighted by molar-refractivity contribution is 0.0561.